The van der Waals surface area contributed by atoms with Crippen LogP contribution in [-0.4, -0.2) is 68.0 Å². The summed E-state index contributed by atoms with van der Waals surface area (Å²) in [6, 6.07) is 7.92. The van der Waals surface area contributed by atoms with Crippen LogP contribution in [0.4, 0.5) is 0 Å². The standard InChI is InChI=1S/C19H29N3O3/c1-4-15(2)16-7-5-6-8-17(16)25-14-19(24)22-11-9-21(10-12-22)13-18(23)20-3/h5-8,15H,4,9-14H2,1-3H3,(H,20,23). The molecule has 25 heavy (non-hydrogen) atoms. The first-order valence-corrected chi connectivity index (χ1v) is 8.97. The first-order chi connectivity index (χ1) is 12.0. The third-order valence-electron chi connectivity index (χ3n) is 4.78. The SMILES string of the molecule is CCC(C)c1ccccc1OCC(=O)N1CCN(CC(=O)NC)CC1. The molecule has 1 unspecified atom stereocenters. The van der Waals surface area contributed by atoms with E-state index in [1.165, 1.54) is 0 Å². The summed E-state index contributed by atoms with van der Waals surface area (Å²) in [4.78, 5) is 27.7. The molecule has 1 atom stereocenters. The van der Waals surface area contributed by atoms with Crippen molar-refractivity contribution in [1.82, 2.24) is 15.1 Å². The Morgan fingerprint density at radius 2 is 1.88 bits per heavy atom. The average Bonchev–Trinajstić information content (AvgIpc) is 2.66. The molecule has 0 saturated carbocycles. The Hall–Kier alpha value is -2.08. The average molecular weight is 347 g/mol. The molecule has 0 aliphatic carbocycles. The Labute approximate surface area is 150 Å². The second-order valence-corrected chi connectivity index (χ2v) is 6.47. The monoisotopic (exact) mass is 347 g/mol. The van der Waals surface area contributed by atoms with Crippen LogP contribution in [0, 0.1) is 0 Å². The molecule has 1 aliphatic heterocycles. The number of hydrogen-bond acceptors (Lipinski definition) is 4. The lowest BCUT2D eigenvalue weighted by atomic mass is 9.98. The van der Waals surface area contributed by atoms with Crippen molar-refractivity contribution in [2.75, 3.05) is 46.4 Å². The summed E-state index contributed by atoms with van der Waals surface area (Å²) >= 11 is 0. The van der Waals surface area contributed by atoms with E-state index in [9.17, 15) is 9.59 Å². The lowest BCUT2D eigenvalue weighted by molar-refractivity contribution is -0.135. The molecule has 6 nitrogen and oxygen atoms in total. The number of ether oxygens (including phenoxy) is 1. The van der Waals surface area contributed by atoms with E-state index in [0.717, 1.165) is 17.7 Å². The first-order valence-electron chi connectivity index (χ1n) is 8.97. The Kier molecular flexibility index (Phi) is 7.25. The number of nitrogens with one attached hydrogen (secondary N) is 1. The molecule has 2 amide bonds. The van der Waals surface area contributed by atoms with Gasteiger partial charge in [-0.3, -0.25) is 14.5 Å². The molecule has 1 fully saturated rings. The van der Waals surface area contributed by atoms with E-state index < -0.39 is 0 Å². The van der Waals surface area contributed by atoms with Crippen LogP contribution in [0.3, 0.4) is 0 Å². The van der Waals surface area contributed by atoms with Crippen LogP contribution in [0.5, 0.6) is 5.75 Å². The maximum absolute atomic E-state index is 12.4. The van der Waals surface area contributed by atoms with E-state index in [1.807, 2.05) is 23.1 Å². The molecule has 1 saturated heterocycles. The number of benzene rings is 1. The Bertz CT molecular complexity index is 583. The van der Waals surface area contributed by atoms with Crippen LogP contribution in [0.15, 0.2) is 24.3 Å². The minimum atomic E-state index is -0.00134. The largest absolute Gasteiger partial charge is 0.483 e. The Morgan fingerprint density at radius 3 is 2.52 bits per heavy atom. The van der Waals surface area contributed by atoms with E-state index in [0.29, 0.717) is 38.6 Å². The molecule has 0 bridgehead atoms. The van der Waals surface area contributed by atoms with Crippen molar-refractivity contribution in [3.05, 3.63) is 29.8 Å². The van der Waals surface area contributed by atoms with Gasteiger partial charge in [-0.1, -0.05) is 32.0 Å². The third-order valence-corrected chi connectivity index (χ3v) is 4.78. The van der Waals surface area contributed by atoms with E-state index in [2.05, 4.69) is 30.1 Å². The zero-order chi connectivity index (χ0) is 18.2. The molecule has 1 N–H and O–H groups in total. The van der Waals surface area contributed by atoms with Gasteiger partial charge >= 0.3 is 0 Å². The highest BCUT2D eigenvalue weighted by atomic mass is 16.5. The molecule has 0 spiro atoms. The highest BCUT2D eigenvalue weighted by Crippen LogP contribution is 2.28. The van der Waals surface area contributed by atoms with Gasteiger partial charge in [0.2, 0.25) is 5.91 Å². The van der Waals surface area contributed by atoms with Gasteiger partial charge in [0.1, 0.15) is 5.75 Å². The molecular weight excluding hydrogens is 318 g/mol. The van der Waals surface area contributed by atoms with Gasteiger partial charge < -0.3 is 15.0 Å². The smallest absolute Gasteiger partial charge is 0.260 e. The van der Waals surface area contributed by atoms with Gasteiger partial charge in [0.25, 0.3) is 5.91 Å². The highest BCUT2D eigenvalue weighted by Gasteiger charge is 2.22. The van der Waals surface area contributed by atoms with Gasteiger partial charge in [-0.15, -0.1) is 0 Å². The predicted octanol–water partition coefficient (Wildman–Crippen LogP) is 1.47. The molecule has 1 aromatic carbocycles. The molecule has 1 aromatic rings. The lowest BCUT2D eigenvalue weighted by Crippen LogP contribution is -2.51. The summed E-state index contributed by atoms with van der Waals surface area (Å²) < 4.78 is 5.81. The topological polar surface area (TPSA) is 61.9 Å². The molecule has 0 aromatic heterocycles. The quantitative estimate of drug-likeness (QED) is 0.811. The zero-order valence-electron chi connectivity index (χ0n) is 15.5. The minimum absolute atomic E-state index is 0.00134. The molecular formula is C19H29N3O3. The van der Waals surface area contributed by atoms with E-state index >= 15 is 0 Å². The summed E-state index contributed by atoms with van der Waals surface area (Å²) in [6.45, 7) is 7.43. The first kappa shape index (κ1) is 19.2. The van der Waals surface area contributed by atoms with Gasteiger partial charge in [0, 0.05) is 33.2 Å². The third kappa shape index (κ3) is 5.46. The van der Waals surface area contributed by atoms with Crippen LogP contribution >= 0.6 is 0 Å². The van der Waals surface area contributed by atoms with Gasteiger partial charge in [-0.2, -0.15) is 0 Å². The number of carbonyl (C=O) groups is 2. The van der Waals surface area contributed by atoms with E-state index in [4.69, 9.17) is 4.74 Å². The Balaban J connectivity index is 1.83. The van der Waals surface area contributed by atoms with Crippen LogP contribution in [0.25, 0.3) is 0 Å². The van der Waals surface area contributed by atoms with Crippen molar-refractivity contribution in [2.45, 2.75) is 26.2 Å². The fraction of sp³-hybridized carbons (Fsp3) is 0.579. The number of likely N-dealkylation sites (N-methyl/N-ethyl adjacent to an activating group) is 1. The molecule has 1 aliphatic rings. The number of para-hydroxylation sites is 1. The number of rotatable bonds is 7. The minimum Gasteiger partial charge on any atom is -0.483 e. The van der Waals surface area contributed by atoms with E-state index in [1.54, 1.807) is 7.05 Å². The van der Waals surface area contributed by atoms with Crippen molar-refractivity contribution >= 4 is 11.8 Å². The molecule has 1 heterocycles. The summed E-state index contributed by atoms with van der Waals surface area (Å²) in [5.74, 6) is 1.20. The second kappa shape index (κ2) is 9.42. The summed E-state index contributed by atoms with van der Waals surface area (Å²) in [7, 11) is 1.64. The molecule has 138 valence electrons. The lowest BCUT2D eigenvalue weighted by Gasteiger charge is -2.34. The van der Waals surface area contributed by atoms with Gasteiger partial charge in [0.05, 0.1) is 6.54 Å². The fourth-order valence-corrected chi connectivity index (χ4v) is 2.91. The zero-order valence-corrected chi connectivity index (χ0v) is 15.5. The normalized spacial score (nSPS) is 16.4. The molecule has 2 rings (SSSR count). The number of carbonyl (C=O) groups excluding carboxylic acids is 2. The fourth-order valence-electron chi connectivity index (χ4n) is 2.91. The van der Waals surface area contributed by atoms with Crippen LogP contribution in [0.1, 0.15) is 31.7 Å². The summed E-state index contributed by atoms with van der Waals surface area (Å²) in [5, 5.41) is 2.62. The van der Waals surface area contributed by atoms with Crippen molar-refractivity contribution < 1.29 is 14.3 Å². The maximum Gasteiger partial charge on any atom is 0.260 e. The van der Waals surface area contributed by atoms with Gasteiger partial charge in [-0.05, 0) is 24.0 Å². The number of piperazine rings is 1. The summed E-state index contributed by atoms with van der Waals surface area (Å²) in [6.07, 6.45) is 1.03. The van der Waals surface area contributed by atoms with Crippen molar-refractivity contribution in [1.29, 1.82) is 0 Å². The highest BCUT2D eigenvalue weighted by molar-refractivity contribution is 5.78. The van der Waals surface area contributed by atoms with Gasteiger partial charge in [-0.25, -0.2) is 0 Å². The van der Waals surface area contributed by atoms with Crippen LogP contribution < -0.4 is 10.1 Å². The predicted molar refractivity (Wildman–Crippen MR) is 97.7 cm³/mol. The number of amides is 2. The van der Waals surface area contributed by atoms with Gasteiger partial charge in [0.15, 0.2) is 6.61 Å². The maximum atomic E-state index is 12.4. The summed E-state index contributed by atoms with van der Waals surface area (Å²) in [5.41, 5.74) is 1.15. The number of nitrogens with zero attached hydrogens (tertiary/aromatic N) is 2. The van der Waals surface area contributed by atoms with Crippen molar-refractivity contribution in [2.24, 2.45) is 0 Å². The van der Waals surface area contributed by atoms with Crippen LogP contribution in [-0.2, 0) is 9.59 Å². The van der Waals surface area contributed by atoms with E-state index in [-0.39, 0.29) is 18.4 Å². The second-order valence-electron chi connectivity index (χ2n) is 6.47. The van der Waals surface area contributed by atoms with Crippen molar-refractivity contribution in [3.8, 4) is 5.75 Å². The van der Waals surface area contributed by atoms with Crippen LogP contribution in [0.2, 0.25) is 0 Å². The molecule has 0 radical (unpaired) electrons. The van der Waals surface area contributed by atoms with Crippen molar-refractivity contribution in [3.63, 3.8) is 0 Å². The molecule has 6 heteroatoms. The number of hydrogen-bond donors (Lipinski definition) is 1. The Morgan fingerprint density at radius 1 is 1.20 bits per heavy atom.